The molecule has 6 nitrogen and oxygen atoms in total. The predicted octanol–water partition coefficient (Wildman–Crippen LogP) is 6.65. The van der Waals surface area contributed by atoms with Crippen LogP contribution in [0.3, 0.4) is 0 Å². The number of anilines is 2. The maximum absolute atomic E-state index is 5.93. The van der Waals surface area contributed by atoms with Crippen LogP contribution in [-0.4, -0.2) is 45.1 Å². The van der Waals surface area contributed by atoms with Crippen molar-refractivity contribution in [3.05, 3.63) is 77.7 Å². The van der Waals surface area contributed by atoms with Gasteiger partial charge < -0.3 is 10.1 Å². The number of aryl methyl sites for hydroxylation is 1. The Bertz CT molecular complexity index is 1380. The largest absolute Gasteiger partial charge is 0.373 e. The molecule has 1 N–H and O–H groups in total. The van der Waals surface area contributed by atoms with Crippen LogP contribution in [-0.2, 0) is 16.7 Å². The number of pyridine rings is 1. The molecule has 3 heterocycles. The van der Waals surface area contributed by atoms with Crippen molar-refractivity contribution in [2.24, 2.45) is 0 Å². The average Bonchev–Trinajstić information content (AvgIpc) is 2.83. The molecule has 0 saturated carbocycles. The predicted molar refractivity (Wildman–Crippen MR) is 151 cm³/mol. The minimum Gasteiger partial charge on any atom is -0.373 e. The van der Waals surface area contributed by atoms with Gasteiger partial charge in [0.05, 0.1) is 30.0 Å². The smallest absolute Gasteiger partial charge is 0.145 e. The number of fused-ring (bicyclic) bond motifs is 1. The fourth-order valence-corrected chi connectivity index (χ4v) is 5.08. The van der Waals surface area contributed by atoms with Crippen LogP contribution in [0.4, 0.5) is 11.5 Å². The van der Waals surface area contributed by atoms with E-state index in [1.54, 1.807) is 0 Å². The Balaban J connectivity index is 1.54. The van der Waals surface area contributed by atoms with Gasteiger partial charge in [0, 0.05) is 35.9 Å². The standard InChI is InChI=1S/C31H37N5O/c1-20-8-7-15-32-29(20)23-9-14-26-27(16-23)34-28(19-36-17-21(2)37-22(3)18-36)35-30(26)33-25-12-10-24(11-13-25)31(4,5)6/h7-16,21-22H,17-19H2,1-6H3,(H,33,34,35). The number of morpholine rings is 1. The summed E-state index contributed by atoms with van der Waals surface area (Å²) in [6.07, 6.45) is 2.23. The number of hydrogen-bond donors (Lipinski definition) is 1. The van der Waals surface area contributed by atoms with E-state index in [1.165, 1.54) is 5.56 Å². The van der Waals surface area contributed by atoms with Crippen molar-refractivity contribution >= 4 is 22.4 Å². The Morgan fingerprint density at radius 1 is 0.973 bits per heavy atom. The van der Waals surface area contributed by atoms with Crippen molar-refractivity contribution in [3.63, 3.8) is 0 Å². The number of aromatic nitrogens is 3. The number of rotatable bonds is 5. The summed E-state index contributed by atoms with van der Waals surface area (Å²) in [5.41, 5.74) is 6.52. The molecule has 2 unspecified atom stereocenters. The van der Waals surface area contributed by atoms with E-state index in [0.717, 1.165) is 58.1 Å². The third-order valence-corrected chi connectivity index (χ3v) is 6.90. The van der Waals surface area contributed by atoms with Crippen molar-refractivity contribution in [2.75, 3.05) is 18.4 Å². The maximum Gasteiger partial charge on any atom is 0.145 e. The summed E-state index contributed by atoms with van der Waals surface area (Å²) in [5, 5.41) is 4.57. The van der Waals surface area contributed by atoms with Crippen LogP contribution in [0.25, 0.3) is 22.2 Å². The van der Waals surface area contributed by atoms with Gasteiger partial charge in [0.25, 0.3) is 0 Å². The lowest BCUT2D eigenvalue weighted by atomic mass is 9.87. The summed E-state index contributed by atoms with van der Waals surface area (Å²) in [5.74, 6) is 1.62. The van der Waals surface area contributed by atoms with Crippen LogP contribution < -0.4 is 5.32 Å². The lowest BCUT2D eigenvalue weighted by Crippen LogP contribution is -2.45. The van der Waals surface area contributed by atoms with Crippen molar-refractivity contribution in [3.8, 4) is 11.3 Å². The molecule has 1 saturated heterocycles. The first-order valence-electron chi connectivity index (χ1n) is 13.1. The quantitative estimate of drug-likeness (QED) is 0.334. The minimum atomic E-state index is 0.111. The second kappa shape index (κ2) is 10.2. The van der Waals surface area contributed by atoms with E-state index in [2.05, 4.69) is 105 Å². The molecule has 5 rings (SSSR count). The summed E-state index contributed by atoms with van der Waals surface area (Å²) < 4.78 is 5.93. The van der Waals surface area contributed by atoms with Gasteiger partial charge in [-0.3, -0.25) is 9.88 Å². The molecule has 2 aromatic carbocycles. The molecule has 4 aromatic rings. The van der Waals surface area contributed by atoms with Gasteiger partial charge in [-0.25, -0.2) is 9.97 Å². The molecule has 6 heteroatoms. The summed E-state index contributed by atoms with van der Waals surface area (Å²) in [6.45, 7) is 15.5. The van der Waals surface area contributed by atoms with Crippen LogP contribution in [0.5, 0.6) is 0 Å². The van der Waals surface area contributed by atoms with Crippen LogP contribution in [0, 0.1) is 6.92 Å². The van der Waals surface area contributed by atoms with Gasteiger partial charge in [0.15, 0.2) is 0 Å². The zero-order valence-electron chi connectivity index (χ0n) is 22.7. The van der Waals surface area contributed by atoms with Crippen LogP contribution >= 0.6 is 0 Å². The molecule has 192 valence electrons. The highest BCUT2D eigenvalue weighted by Gasteiger charge is 2.23. The summed E-state index contributed by atoms with van der Waals surface area (Å²) in [7, 11) is 0. The molecule has 0 amide bonds. The van der Waals surface area contributed by atoms with Gasteiger partial charge in [-0.2, -0.15) is 0 Å². The molecule has 1 fully saturated rings. The lowest BCUT2D eigenvalue weighted by molar-refractivity contribution is -0.0710. The van der Waals surface area contributed by atoms with E-state index in [0.29, 0.717) is 6.54 Å². The molecule has 2 atom stereocenters. The highest BCUT2D eigenvalue weighted by molar-refractivity contribution is 5.93. The van der Waals surface area contributed by atoms with Crippen molar-refractivity contribution in [2.45, 2.75) is 65.7 Å². The van der Waals surface area contributed by atoms with Crippen LogP contribution in [0.15, 0.2) is 60.8 Å². The number of hydrogen-bond acceptors (Lipinski definition) is 6. The molecule has 0 bridgehead atoms. The second-order valence-electron chi connectivity index (χ2n) is 11.3. The van der Waals surface area contributed by atoms with Gasteiger partial charge in [0.2, 0.25) is 0 Å². The van der Waals surface area contributed by atoms with Gasteiger partial charge in [-0.15, -0.1) is 0 Å². The van der Waals surface area contributed by atoms with E-state index in [-0.39, 0.29) is 17.6 Å². The fourth-order valence-electron chi connectivity index (χ4n) is 5.08. The Morgan fingerprint density at radius 2 is 1.70 bits per heavy atom. The van der Waals surface area contributed by atoms with Crippen LogP contribution in [0.1, 0.15) is 51.6 Å². The zero-order valence-corrected chi connectivity index (χ0v) is 22.7. The number of benzene rings is 2. The fraction of sp³-hybridized carbons (Fsp3) is 0.387. The molecule has 0 spiro atoms. The molecule has 0 aliphatic carbocycles. The third-order valence-electron chi connectivity index (χ3n) is 6.90. The highest BCUT2D eigenvalue weighted by Crippen LogP contribution is 2.30. The minimum absolute atomic E-state index is 0.111. The van der Waals surface area contributed by atoms with Gasteiger partial charge >= 0.3 is 0 Å². The first-order chi connectivity index (χ1) is 17.7. The molecule has 0 radical (unpaired) electrons. The average molecular weight is 496 g/mol. The van der Waals surface area contributed by atoms with Crippen LogP contribution in [0.2, 0.25) is 0 Å². The van der Waals surface area contributed by atoms with E-state index in [9.17, 15) is 0 Å². The monoisotopic (exact) mass is 495 g/mol. The van der Waals surface area contributed by atoms with Crippen molar-refractivity contribution < 1.29 is 4.74 Å². The molecule has 37 heavy (non-hydrogen) atoms. The van der Waals surface area contributed by atoms with Crippen molar-refractivity contribution in [1.82, 2.24) is 19.9 Å². The summed E-state index contributed by atoms with van der Waals surface area (Å²) in [6, 6.07) is 19.0. The first kappa shape index (κ1) is 25.3. The topological polar surface area (TPSA) is 63.2 Å². The first-order valence-corrected chi connectivity index (χ1v) is 13.1. The Hall–Kier alpha value is -3.35. The summed E-state index contributed by atoms with van der Waals surface area (Å²) in [4.78, 5) is 17.0. The molecule has 1 aliphatic heterocycles. The maximum atomic E-state index is 5.93. The Labute approximate surface area is 220 Å². The third kappa shape index (κ3) is 5.81. The number of nitrogens with one attached hydrogen (secondary N) is 1. The summed E-state index contributed by atoms with van der Waals surface area (Å²) >= 11 is 0. The number of ether oxygens (including phenoxy) is 1. The SMILES string of the molecule is Cc1cccnc1-c1ccc2c(Nc3ccc(C(C)(C)C)cc3)nc(CN3CC(C)OC(C)C3)nc2c1. The second-order valence-corrected chi connectivity index (χ2v) is 11.3. The molecule has 1 aliphatic rings. The van der Waals surface area contributed by atoms with E-state index in [1.807, 2.05) is 12.3 Å². The van der Waals surface area contributed by atoms with Gasteiger partial charge in [-0.05, 0) is 67.6 Å². The van der Waals surface area contributed by atoms with Gasteiger partial charge in [0.1, 0.15) is 11.6 Å². The van der Waals surface area contributed by atoms with Gasteiger partial charge in [-0.1, -0.05) is 45.0 Å². The van der Waals surface area contributed by atoms with E-state index >= 15 is 0 Å². The highest BCUT2D eigenvalue weighted by atomic mass is 16.5. The Morgan fingerprint density at radius 3 is 2.38 bits per heavy atom. The molecule has 2 aromatic heterocycles. The number of nitrogens with zero attached hydrogens (tertiary/aromatic N) is 4. The molecular formula is C31H37N5O. The molecular weight excluding hydrogens is 458 g/mol. The lowest BCUT2D eigenvalue weighted by Gasteiger charge is -2.34. The van der Waals surface area contributed by atoms with Crippen molar-refractivity contribution in [1.29, 1.82) is 0 Å². The van der Waals surface area contributed by atoms with E-state index < -0.39 is 0 Å². The Kier molecular flexibility index (Phi) is 6.97. The van der Waals surface area contributed by atoms with E-state index in [4.69, 9.17) is 14.7 Å². The normalized spacial score (nSPS) is 18.8. The zero-order chi connectivity index (χ0) is 26.2.